The highest BCUT2D eigenvalue weighted by molar-refractivity contribution is 9.10. The number of likely N-dealkylation sites (tertiary alicyclic amines) is 1. The van der Waals surface area contributed by atoms with E-state index in [1.165, 1.54) is 16.5 Å². The molecule has 2 aliphatic rings. The Balaban J connectivity index is 1.37. The van der Waals surface area contributed by atoms with E-state index >= 15 is 0 Å². The maximum absolute atomic E-state index is 14.0. The number of carbonyl (C=O) groups excluding carboxylic acids is 3. The second-order valence-corrected chi connectivity index (χ2v) is 12.5. The molecule has 0 bridgehead atoms. The number of aromatic nitrogens is 5. The van der Waals surface area contributed by atoms with Gasteiger partial charge >= 0.3 is 0 Å². The van der Waals surface area contributed by atoms with Gasteiger partial charge in [-0.25, -0.2) is 15.0 Å². The lowest BCUT2D eigenvalue weighted by atomic mass is 9.98. The number of piperidine rings is 1. The quantitative estimate of drug-likeness (QED) is 0.202. The molecule has 0 radical (unpaired) electrons. The molecule has 1 aromatic carbocycles. The number of carbonyl (C=O) groups is 3. The first-order valence-electron chi connectivity index (χ1n) is 13.8. The molecule has 3 aromatic heterocycles. The number of aryl methyl sites for hydroxylation is 2. The van der Waals surface area contributed by atoms with Crippen LogP contribution in [-0.2, 0) is 22.7 Å². The van der Waals surface area contributed by atoms with E-state index in [9.17, 15) is 24.6 Å². The van der Waals surface area contributed by atoms with E-state index in [1.54, 1.807) is 50.5 Å². The van der Waals surface area contributed by atoms with Crippen LogP contribution >= 0.6 is 15.9 Å². The van der Waals surface area contributed by atoms with Crippen molar-refractivity contribution in [1.82, 2.24) is 29.6 Å². The maximum atomic E-state index is 14.0. The standard InChI is InChI=1S/C30H30BrN7O5/c1-15-5-6-23(31)34-27(15)35-28(42)30(43)14-29(4)9-22(29)38(30)24(41)12-37-26-19(13-39)7-18(20-10-32-17(3)33-11-20)8-21(26)25(36-37)16(2)40/h5-8,10-11,22,39,43H,9,12-14H2,1-4H3,(H,34,35,42)/t22-,29-,30-/m1/s1. The molecule has 6 rings (SSSR count). The van der Waals surface area contributed by atoms with Crippen molar-refractivity contribution in [3.05, 3.63) is 63.9 Å². The highest BCUT2D eigenvalue weighted by Crippen LogP contribution is 2.62. The Morgan fingerprint density at radius 3 is 2.53 bits per heavy atom. The van der Waals surface area contributed by atoms with Gasteiger partial charge in [0.15, 0.2) is 5.78 Å². The Morgan fingerprint density at radius 2 is 1.86 bits per heavy atom. The van der Waals surface area contributed by atoms with Crippen LogP contribution in [0, 0.1) is 19.3 Å². The van der Waals surface area contributed by atoms with Gasteiger partial charge in [-0.05, 0) is 70.9 Å². The lowest BCUT2D eigenvalue weighted by Crippen LogP contribution is -2.58. The molecule has 13 heteroatoms. The summed E-state index contributed by atoms with van der Waals surface area (Å²) in [4.78, 5) is 54.2. The average molecular weight is 649 g/mol. The number of hydrogen-bond donors (Lipinski definition) is 3. The number of nitrogens with one attached hydrogen (secondary N) is 1. The molecule has 4 aromatic rings. The summed E-state index contributed by atoms with van der Waals surface area (Å²) in [6.45, 7) is 6.12. The molecule has 43 heavy (non-hydrogen) atoms. The van der Waals surface area contributed by atoms with Crippen molar-refractivity contribution in [2.75, 3.05) is 5.32 Å². The van der Waals surface area contributed by atoms with Crippen molar-refractivity contribution in [1.29, 1.82) is 0 Å². The molecule has 1 saturated heterocycles. The fourth-order valence-electron chi connectivity index (χ4n) is 6.10. The van der Waals surface area contributed by atoms with Crippen LogP contribution in [0.5, 0.6) is 0 Å². The van der Waals surface area contributed by atoms with Gasteiger partial charge in [0.05, 0.1) is 12.1 Å². The van der Waals surface area contributed by atoms with Crippen LogP contribution in [0.15, 0.2) is 41.3 Å². The summed E-state index contributed by atoms with van der Waals surface area (Å²) in [5.41, 5.74) is 0.530. The second kappa shape index (κ2) is 10.3. The molecule has 1 aliphatic heterocycles. The molecular formula is C30H30BrN7O5. The van der Waals surface area contributed by atoms with E-state index in [0.29, 0.717) is 50.0 Å². The number of ketones is 1. The van der Waals surface area contributed by atoms with E-state index in [4.69, 9.17) is 0 Å². The minimum atomic E-state index is -2.12. The van der Waals surface area contributed by atoms with E-state index in [1.807, 2.05) is 6.92 Å². The molecule has 4 heterocycles. The summed E-state index contributed by atoms with van der Waals surface area (Å²) in [6, 6.07) is 6.68. The largest absolute Gasteiger partial charge is 0.392 e. The minimum absolute atomic E-state index is 0.0672. The Kier molecular flexibility index (Phi) is 6.94. The van der Waals surface area contributed by atoms with E-state index < -0.39 is 23.0 Å². The molecule has 12 nitrogen and oxygen atoms in total. The third kappa shape index (κ3) is 4.90. The molecule has 1 saturated carbocycles. The third-order valence-corrected chi connectivity index (χ3v) is 8.86. The first-order valence-corrected chi connectivity index (χ1v) is 14.6. The predicted molar refractivity (Wildman–Crippen MR) is 160 cm³/mol. The second-order valence-electron chi connectivity index (χ2n) is 11.7. The van der Waals surface area contributed by atoms with Crippen LogP contribution in [0.3, 0.4) is 0 Å². The van der Waals surface area contributed by atoms with Crippen molar-refractivity contribution < 1.29 is 24.6 Å². The molecule has 222 valence electrons. The summed E-state index contributed by atoms with van der Waals surface area (Å²) < 4.78 is 1.88. The number of fused-ring (bicyclic) bond motifs is 2. The van der Waals surface area contributed by atoms with E-state index in [2.05, 4.69) is 41.3 Å². The molecule has 0 spiro atoms. The summed E-state index contributed by atoms with van der Waals surface area (Å²) >= 11 is 3.30. The lowest BCUT2D eigenvalue weighted by Gasteiger charge is -2.35. The number of halogens is 1. The van der Waals surface area contributed by atoms with Crippen molar-refractivity contribution in [2.45, 2.75) is 65.5 Å². The van der Waals surface area contributed by atoms with Gasteiger partial charge in [0.2, 0.25) is 11.6 Å². The van der Waals surface area contributed by atoms with Crippen molar-refractivity contribution in [3.63, 3.8) is 0 Å². The molecule has 1 aliphatic carbocycles. The molecule has 3 N–H and O–H groups in total. The minimum Gasteiger partial charge on any atom is -0.392 e. The first kappa shape index (κ1) is 29.0. The van der Waals surface area contributed by atoms with Gasteiger partial charge in [-0.1, -0.05) is 13.0 Å². The van der Waals surface area contributed by atoms with Crippen LogP contribution < -0.4 is 5.32 Å². The summed E-state index contributed by atoms with van der Waals surface area (Å²) in [5.74, 6) is -0.729. The van der Waals surface area contributed by atoms with Crippen molar-refractivity contribution >= 4 is 50.2 Å². The van der Waals surface area contributed by atoms with Gasteiger partial charge in [0, 0.05) is 48.3 Å². The van der Waals surface area contributed by atoms with Crippen LogP contribution in [0.4, 0.5) is 5.82 Å². The molecular weight excluding hydrogens is 618 g/mol. The molecule has 3 atom stereocenters. The number of benzene rings is 1. The summed E-state index contributed by atoms with van der Waals surface area (Å²) in [7, 11) is 0. The van der Waals surface area contributed by atoms with Crippen LogP contribution in [0.2, 0.25) is 0 Å². The number of nitrogens with zero attached hydrogens (tertiary/aromatic N) is 6. The van der Waals surface area contributed by atoms with Gasteiger partial charge < -0.3 is 20.4 Å². The van der Waals surface area contributed by atoms with Gasteiger partial charge in [0.25, 0.3) is 5.91 Å². The van der Waals surface area contributed by atoms with Gasteiger partial charge in [0.1, 0.15) is 28.5 Å². The SMILES string of the molecule is CC(=O)c1nn(CC(=O)N2[C@@H]3C[C@]3(C)C[C@@]2(O)C(=O)Nc2nc(Br)ccc2C)c2c(CO)cc(-c3cnc(C)nc3)cc12. The molecule has 0 unspecified atom stereocenters. The number of Topliss-reactive ketones (excluding diaryl/α,β-unsaturated/α-hetero) is 1. The number of anilines is 1. The fourth-order valence-corrected chi connectivity index (χ4v) is 6.41. The van der Waals surface area contributed by atoms with Crippen LogP contribution in [0.1, 0.15) is 54.1 Å². The smallest absolute Gasteiger partial charge is 0.278 e. The predicted octanol–water partition coefficient (Wildman–Crippen LogP) is 3.30. The van der Waals surface area contributed by atoms with E-state index in [-0.39, 0.29) is 42.9 Å². The number of amides is 2. The summed E-state index contributed by atoms with van der Waals surface area (Å²) in [6.07, 6.45) is 4.02. The van der Waals surface area contributed by atoms with E-state index in [0.717, 1.165) is 0 Å². The van der Waals surface area contributed by atoms with Gasteiger partial charge in [-0.3, -0.25) is 19.1 Å². The number of pyridine rings is 1. The Labute approximate surface area is 255 Å². The van der Waals surface area contributed by atoms with Gasteiger partial charge in [-0.2, -0.15) is 5.10 Å². The topological polar surface area (TPSA) is 163 Å². The lowest BCUT2D eigenvalue weighted by molar-refractivity contribution is -0.168. The molecule has 2 amide bonds. The average Bonchev–Trinajstić information content (AvgIpc) is 3.33. The normalized spacial score (nSPS) is 22.5. The van der Waals surface area contributed by atoms with Crippen LogP contribution in [0.25, 0.3) is 22.0 Å². The third-order valence-electron chi connectivity index (χ3n) is 8.42. The van der Waals surface area contributed by atoms with Crippen molar-refractivity contribution in [2.24, 2.45) is 5.41 Å². The number of aliphatic hydroxyl groups excluding tert-OH is 1. The number of rotatable bonds is 7. The highest BCUT2D eigenvalue weighted by atomic mass is 79.9. The zero-order chi connectivity index (χ0) is 30.8. The fraction of sp³-hybridized carbons (Fsp3) is 0.367. The van der Waals surface area contributed by atoms with Gasteiger partial charge in [-0.15, -0.1) is 0 Å². The zero-order valence-corrected chi connectivity index (χ0v) is 25.6. The van der Waals surface area contributed by atoms with Crippen LogP contribution in [-0.4, -0.2) is 69.2 Å². The molecule has 2 fully saturated rings. The maximum Gasteiger partial charge on any atom is 0.278 e. The Hall–Kier alpha value is -4.07. The Morgan fingerprint density at radius 1 is 1.14 bits per heavy atom. The number of hydrogen-bond acceptors (Lipinski definition) is 9. The first-order chi connectivity index (χ1) is 20.3. The number of aliphatic hydroxyl groups is 2. The summed E-state index contributed by atoms with van der Waals surface area (Å²) in [5, 5.41) is 29.7. The monoisotopic (exact) mass is 647 g/mol. The Bertz CT molecular complexity index is 1820. The van der Waals surface area contributed by atoms with Crippen molar-refractivity contribution in [3.8, 4) is 11.1 Å². The zero-order valence-electron chi connectivity index (χ0n) is 24.1. The highest BCUT2D eigenvalue weighted by Gasteiger charge is 2.71.